The van der Waals surface area contributed by atoms with Crippen LogP contribution in [0.15, 0.2) is 24.1 Å². The van der Waals surface area contributed by atoms with Crippen LogP contribution in [0.3, 0.4) is 0 Å². The van der Waals surface area contributed by atoms with Crippen molar-refractivity contribution in [1.29, 1.82) is 0 Å². The molecule has 0 aliphatic heterocycles. The predicted molar refractivity (Wildman–Crippen MR) is 66.1 cm³/mol. The molecule has 3 heterocycles. The van der Waals surface area contributed by atoms with E-state index in [1.54, 1.807) is 22.3 Å². The van der Waals surface area contributed by atoms with E-state index in [-0.39, 0.29) is 0 Å². The number of hydrogen-bond acceptors (Lipinski definition) is 6. The SMILES string of the molecule is CNc1nc(Cn2cncn2)nc2sccc12. The molecule has 17 heavy (non-hydrogen) atoms. The first-order valence-corrected chi connectivity index (χ1v) is 5.99. The van der Waals surface area contributed by atoms with Crippen molar-refractivity contribution >= 4 is 27.4 Å². The van der Waals surface area contributed by atoms with E-state index in [2.05, 4.69) is 25.4 Å². The van der Waals surface area contributed by atoms with Gasteiger partial charge in [0.1, 0.15) is 29.8 Å². The second-order valence-electron chi connectivity index (χ2n) is 3.47. The normalized spacial score (nSPS) is 10.9. The maximum atomic E-state index is 4.50. The molecule has 3 aromatic heterocycles. The molecule has 0 saturated carbocycles. The molecule has 3 aromatic rings. The minimum atomic E-state index is 0.530. The second-order valence-corrected chi connectivity index (χ2v) is 4.37. The zero-order chi connectivity index (χ0) is 11.7. The Labute approximate surface area is 101 Å². The van der Waals surface area contributed by atoms with Gasteiger partial charge >= 0.3 is 0 Å². The van der Waals surface area contributed by atoms with Crippen LogP contribution in [0.25, 0.3) is 10.2 Å². The van der Waals surface area contributed by atoms with Crippen LogP contribution in [-0.4, -0.2) is 31.8 Å². The number of hydrogen-bond donors (Lipinski definition) is 1. The summed E-state index contributed by atoms with van der Waals surface area (Å²) in [5.74, 6) is 1.58. The summed E-state index contributed by atoms with van der Waals surface area (Å²) in [5, 5.41) is 10.2. The average molecular weight is 246 g/mol. The molecular formula is C10H10N6S. The van der Waals surface area contributed by atoms with Gasteiger partial charge in [-0.2, -0.15) is 5.10 Å². The third kappa shape index (κ3) is 1.84. The van der Waals surface area contributed by atoms with Crippen LogP contribution in [-0.2, 0) is 6.54 Å². The Morgan fingerprint density at radius 3 is 3.12 bits per heavy atom. The van der Waals surface area contributed by atoms with Gasteiger partial charge in [-0.3, -0.25) is 0 Å². The highest BCUT2D eigenvalue weighted by Crippen LogP contribution is 2.24. The molecule has 0 aliphatic rings. The Hall–Kier alpha value is -2.02. The number of thiophene rings is 1. The fourth-order valence-corrected chi connectivity index (χ4v) is 2.40. The third-order valence-electron chi connectivity index (χ3n) is 2.38. The summed E-state index contributed by atoms with van der Waals surface area (Å²) in [5.41, 5.74) is 0. The Kier molecular flexibility index (Phi) is 2.45. The number of fused-ring (bicyclic) bond motifs is 1. The summed E-state index contributed by atoms with van der Waals surface area (Å²) in [7, 11) is 1.86. The standard InChI is InChI=1S/C10H10N6S/c1-11-9-7-2-3-17-10(7)15-8(14-9)4-16-6-12-5-13-16/h2-3,5-6H,4H2,1H3,(H,11,14,15). The lowest BCUT2D eigenvalue weighted by Gasteiger charge is -2.04. The van der Waals surface area contributed by atoms with Gasteiger partial charge in [-0.1, -0.05) is 0 Å². The van der Waals surface area contributed by atoms with Crippen molar-refractivity contribution < 1.29 is 0 Å². The fourth-order valence-electron chi connectivity index (χ4n) is 1.62. The van der Waals surface area contributed by atoms with Crippen molar-refractivity contribution in [1.82, 2.24) is 24.7 Å². The van der Waals surface area contributed by atoms with Gasteiger partial charge < -0.3 is 5.32 Å². The first-order chi connectivity index (χ1) is 8.36. The summed E-state index contributed by atoms with van der Waals surface area (Å²) in [6, 6.07) is 2.02. The first-order valence-electron chi connectivity index (χ1n) is 5.11. The van der Waals surface area contributed by atoms with Crippen LogP contribution >= 0.6 is 11.3 Å². The van der Waals surface area contributed by atoms with Crippen LogP contribution < -0.4 is 5.32 Å². The monoisotopic (exact) mass is 246 g/mol. The summed E-state index contributed by atoms with van der Waals surface area (Å²) in [4.78, 5) is 13.8. The number of aromatic nitrogens is 5. The maximum absolute atomic E-state index is 4.50. The van der Waals surface area contributed by atoms with E-state index in [4.69, 9.17) is 0 Å². The molecule has 6 nitrogen and oxygen atoms in total. The second kappa shape index (κ2) is 4.10. The smallest absolute Gasteiger partial charge is 0.153 e. The highest BCUT2D eigenvalue weighted by Gasteiger charge is 2.08. The van der Waals surface area contributed by atoms with Gasteiger partial charge in [0.25, 0.3) is 0 Å². The average Bonchev–Trinajstić information content (AvgIpc) is 2.98. The molecule has 0 aliphatic carbocycles. The Morgan fingerprint density at radius 1 is 1.41 bits per heavy atom. The summed E-state index contributed by atoms with van der Waals surface area (Å²) >= 11 is 1.61. The summed E-state index contributed by atoms with van der Waals surface area (Å²) < 4.78 is 1.70. The third-order valence-corrected chi connectivity index (χ3v) is 3.18. The van der Waals surface area contributed by atoms with E-state index in [1.807, 2.05) is 18.5 Å². The van der Waals surface area contributed by atoms with Crippen LogP contribution in [0.5, 0.6) is 0 Å². The molecule has 0 radical (unpaired) electrons. The highest BCUT2D eigenvalue weighted by molar-refractivity contribution is 7.16. The molecule has 0 spiro atoms. The molecule has 0 bridgehead atoms. The molecule has 0 aromatic carbocycles. The molecule has 0 fully saturated rings. The van der Waals surface area contributed by atoms with E-state index < -0.39 is 0 Å². The molecule has 0 unspecified atom stereocenters. The Bertz CT molecular complexity index is 629. The summed E-state index contributed by atoms with van der Waals surface area (Å²) in [6.07, 6.45) is 3.16. The molecule has 3 rings (SSSR count). The zero-order valence-electron chi connectivity index (χ0n) is 9.16. The van der Waals surface area contributed by atoms with Gasteiger partial charge in [-0.05, 0) is 11.4 Å². The number of anilines is 1. The molecule has 0 saturated heterocycles. The topological polar surface area (TPSA) is 68.5 Å². The number of rotatable bonds is 3. The molecule has 0 atom stereocenters. The fraction of sp³-hybridized carbons (Fsp3) is 0.200. The van der Waals surface area contributed by atoms with Crippen molar-refractivity contribution in [2.24, 2.45) is 0 Å². The van der Waals surface area contributed by atoms with Gasteiger partial charge in [-0.15, -0.1) is 11.3 Å². The van der Waals surface area contributed by atoms with Crippen molar-refractivity contribution in [3.63, 3.8) is 0 Å². The van der Waals surface area contributed by atoms with E-state index in [1.165, 1.54) is 6.33 Å². The van der Waals surface area contributed by atoms with Crippen molar-refractivity contribution in [2.75, 3.05) is 12.4 Å². The molecule has 1 N–H and O–H groups in total. The predicted octanol–water partition coefficient (Wildman–Crippen LogP) is 1.37. The largest absolute Gasteiger partial charge is 0.372 e. The lowest BCUT2D eigenvalue weighted by molar-refractivity contribution is 0.657. The maximum Gasteiger partial charge on any atom is 0.153 e. The van der Waals surface area contributed by atoms with Crippen LogP contribution in [0.4, 0.5) is 5.82 Å². The minimum absolute atomic E-state index is 0.530. The molecule has 7 heteroatoms. The van der Waals surface area contributed by atoms with Crippen molar-refractivity contribution in [3.8, 4) is 0 Å². The van der Waals surface area contributed by atoms with Crippen LogP contribution in [0.2, 0.25) is 0 Å². The van der Waals surface area contributed by atoms with Gasteiger partial charge in [0, 0.05) is 7.05 Å². The minimum Gasteiger partial charge on any atom is -0.372 e. The van der Waals surface area contributed by atoms with Gasteiger partial charge in [0.05, 0.1) is 5.39 Å². The van der Waals surface area contributed by atoms with Gasteiger partial charge in [0.2, 0.25) is 0 Å². The lowest BCUT2D eigenvalue weighted by atomic mass is 10.3. The van der Waals surface area contributed by atoms with E-state index in [0.717, 1.165) is 21.9 Å². The molecule has 0 amide bonds. The van der Waals surface area contributed by atoms with Gasteiger partial charge in [-0.25, -0.2) is 19.6 Å². The number of nitrogens with zero attached hydrogens (tertiary/aromatic N) is 5. The highest BCUT2D eigenvalue weighted by atomic mass is 32.1. The lowest BCUT2D eigenvalue weighted by Crippen LogP contribution is -2.06. The quantitative estimate of drug-likeness (QED) is 0.756. The number of nitrogens with one attached hydrogen (secondary N) is 1. The van der Waals surface area contributed by atoms with Gasteiger partial charge in [0.15, 0.2) is 5.82 Å². The molecule has 86 valence electrons. The van der Waals surface area contributed by atoms with E-state index in [0.29, 0.717) is 6.54 Å². The first kappa shape index (κ1) is 10.2. The van der Waals surface area contributed by atoms with Crippen molar-refractivity contribution in [2.45, 2.75) is 6.54 Å². The van der Waals surface area contributed by atoms with Crippen LogP contribution in [0.1, 0.15) is 5.82 Å². The van der Waals surface area contributed by atoms with E-state index in [9.17, 15) is 0 Å². The van der Waals surface area contributed by atoms with Crippen LogP contribution in [0, 0.1) is 0 Å². The summed E-state index contributed by atoms with van der Waals surface area (Å²) in [6.45, 7) is 0.530. The Morgan fingerprint density at radius 2 is 2.35 bits per heavy atom. The Balaban J connectivity index is 2.04. The zero-order valence-corrected chi connectivity index (χ0v) is 9.98. The van der Waals surface area contributed by atoms with Crippen molar-refractivity contribution in [3.05, 3.63) is 29.9 Å². The molecular weight excluding hydrogens is 236 g/mol. The van der Waals surface area contributed by atoms with E-state index >= 15 is 0 Å².